The summed E-state index contributed by atoms with van der Waals surface area (Å²) in [5.41, 5.74) is 2.31. The first-order valence-corrected chi connectivity index (χ1v) is 8.33. The second-order valence-corrected chi connectivity index (χ2v) is 6.41. The normalized spacial score (nSPS) is 22.9. The lowest BCUT2D eigenvalue weighted by atomic mass is 10.1. The molecule has 24 heavy (non-hydrogen) atoms. The van der Waals surface area contributed by atoms with Gasteiger partial charge in [0.05, 0.1) is 13.2 Å². The lowest BCUT2D eigenvalue weighted by Crippen LogP contribution is -2.26. The Labute approximate surface area is 143 Å². The van der Waals surface area contributed by atoms with E-state index in [1.54, 1.807) is 0 Å². The summed E-state index contributed by atoms with van der Waals surface area (Å²) in [7, 11) is 0. The highest BCUT2D eigenvalue weighted by Crippen LogP contribution is 2.29. The van der Waals surface area contributed by atoms with Gasteiger partial charge in [0, 0.05) is 0 Å². The molecular weight excluding hydrogens is 300 g/mol. The Morgan fingerprint density at radius 1 is 0.958 bits per heavy atom. The van der Waals surface area contributed by atoms with Gasteiger partial charge >= 0.3 is 0 Å². The summed E-state index contributed by atoms with van der Waals surface area (Å²) < 4.78 is 17.8. The first kappa shape index (κ1) is 16.9. The molecule has 0 N–H and O–H groups in total. The van der Waals surface area contributed by atoms with Gasteiger partial charge in [-0.05, 0) is 25.0 Å². The standard InChI is InChI=1S/C21H24O3/c1-21(2)23-19(14-13-17-9-5-3-6-10-17)20(24-21)16-22-15-18-11-7-4-8-12-18/h3-14,19-20H,15-16H2,1-2H3/b14-13+/t19-,20-/m0/s1. The number of benzene rings is 2. The van der Waals surface area contributed by atoms with E-state index in [0.29, 0.717) is 13.2 Å². The third-order valence-electron chi connectivity index (χ3n) is 3.89. The first-order chi connectivity index (χ1) is 11.6. The van der Waals surface area contributed by atoms with Gasteiger partial charge in [-0.25, -0.2) is 0 Å². The highest BCUT2D eigenvalue weighted by molar-refractivity contribution is 5.49. The number of hydrogen-bond donors (Lipinski definition) is 0. The van der Waals surface area contributed by atoms with Crippen LogP contribution in [-0.2, 0) is 20.8 Å². The molecular formula is C21H24O3. The molecule has 0 bridgehead atoms. The SMILES string of the molecule is CC1(C)O[C@@H](/C=C/c2ccccc2)[C@H](COCc2ccccc2)O1. The third-order valence-corrected chi connectivity index (χ3v) is 3.89. The zero-order valence-corrected chi connectivity index (χ0v) is 14.2. The minimum absolute atomic E-state index is 0.108. The molecule has 1 aliphatic heterocycles. The predicted molar refractivity (Wildman–Crippen MR) is 95.4 cm³/mol. The minimum atomic E-state index is -0.591. The van der Waals surface area contributed by atoms with E-state index in [1.807, 2.05) is 50.2 Å². The maximum absolute atomic E-state index is 6.00. The third kappa shape index (κ3) is 4.78. The van der Waals surface area contributed by atoms with Crippen molar-refractivity contribution < 1.29 is 14.2 Å². The van der Waals surface area contributed by atoms with Gasteiger partial charge in [0.25, 0.3) is 0 Å². The zero-order chi connectivity index (χ0) is 16.8. The summed E-state index contributed by atoms with van der Waals surface area (Å²) in [5.74, 6) is -0.591. The molecule has 2 aromatic rings. The Hall–Kier alpha value is -1.94. The lowest BCUT2D eigenvalue weighted by molar-refractivity contribution is -0.148. The van der Waals surface area contributed by atoms with Crippen LogP contribution in [0.25, 0.3) is 6.08 Å². The van der Waals surface area contributed by atoms with E-state index in [9.17, 15) is 0 Å². The van der Waals surface area contributed by atoms with Gasteiger partial charge in [0.1, 0.15) is 12.2 Å². The predicted octanol–water partition coefficient (Wildman–Crippen LogP) is 4.44. The second kappa shape index (κ2) is 7.75. The number of hydrogen-bond acceptors (Lipinski definition) is 3. The van der Waals surface area contributed by atoms with Gasteiger partial charge in [0.15, 0.2) is 5.79 Å². The van der Waals surface area contributed by atoms with Crippen LogP contribution in [0.3, 0.4) is 0 Å². The lowest BCUT2D eigenvalue weighted by Gasteiger charge is -2.16. The average Bonchev–Trinajstić information content (AvgIpc) is 2.89. The molecule has 1 saturated heterocycles. The monoisotopic (exact) mass is 324 g/mol. The van der Waals surface area contributed by atoms with Crippen molar-refractivity contribution in [3.8, 4) is 0 Å². The molecule has 0 aliphatic carbocycles. The van der Waals surface area contributed by atoms with Crippen LogP contribution in [0.1, 0.15) is 25.0 Å². The van der Waals surface area contributed by atoms with E-state index in [1.165, 1.54) is 0 Å². The molecule has 3 nitrogen and oxygen atoms in total. The van der Waals surface area contributed by atoms with Crippen LogP contribution < -0.4 is 0 Å². The molecule has 0 radical (unpaired) electrons. The highest BCUT2D eigenvalue weighted by Gasteiger charge is 2.39. The molecule has 1 aliphatic rings. The van der Waals surface area contributed by atoms with Gasteiger partial charge in [0.2, 0.25) is 0 Å². The maximum Gasteiger partial charge on any atom is 0.164 e. The van der Waals surface area contributed by atoms with Crippen LogP contribution in [0.15, 0.2) is 66.7 Å². The molecule has 0 amide bonds. The van der Waals surface area contributed by atoms with Crippen molar-refractivity contribution in [3.05, 3.63) is 77.9 Å². The van der Waals surface area contributed by atoms with Crippen LogP contribution in [-0.4, -0.2) is 24.6 Å². The van der Waals surface area contributed by atoms with Gasteiger partial charge in [-0.3, -0.25) is 0 Å². The Balaban J connectivity index is 1.58. The topological polar surface area (TPSA) is 27.7 Å². The summed E-state index contributed by atoms with van der Waals surface area (Å²) in [4.78, 5) is 0. The van der Waals surface area contributed by atoms with Crippen molar-refractivity contribution in [2.45, 2.75) is 38.4 Å². The molecule has 1 heterocycles. The fourth-order valence-corrected chi connectivity index (χ4v) is 2.79. The van der Waals surface area contributed by atoms with Crippen molar-refractivity contribution in [3.63, 3.8) is 0 Å². The molecule has 1 fully saturated rings. The van der Waals surface area contributed by atoms with Gasteiger partial charge in [-0.2, -0.15) is 0 Å². The molecule has 126 valence electrons. The van der Waals surface area contributed by atoms with Gasteiger partial charge < -0.3 is 14.2 Å². The first-order valence-electron chi connectivity index (χ1n) is 8.33. The molecule has 3 rings (SSSR count). The van der Waals surface area contributed by atoms with E-state index in [-0.39, 0.29) is 12.2 Å². The van der Waals surface area contributed by atoms with Crippen LogP contribution >= 0.6 is 0 Å². The van der Waals surface area contributed by atoms with Crippen LogP contribution in [0.4, 0.5) is 0 Å². The highest BCUT2D eigenvalue weighted by atomic mass is 16.8. The summed E-state index contributed by atoms with van der Waals surface area (Å²) in [6, 6.07) is 20.3. The van der Waals surface area contributed by atoms with Crippen LogP contribution in [0, 0.1) is 0 Å². The summed E-state index contributed by atoms with van der Waals surface area (Å²) in [5, 5.41) is 0. The second-order valence-electron chi connectivity index (χ2n) is 6.41. The smallest absolute Gasteiger partial charge is 0.164 e. The average molecular weight is 324 g/mol. The van der Waals surface area contributed by atoms with Crippen LogP contribution in [0.5, 0.6) is 0 Å². The molecule has 0 unspecified atom stereocenters. The Bertz CT molecular complexity index is 649. The molecule has 3 heteroatoms. The van der Waals surface area contributed by atoms with E-state index < -0.39 is 5.79 Å². The van der Waals surface area contributed by atoms with E-state index >= 15 is 0 Å². The van der Waals surface area contributed by atoms with E-state index in [0.717, 1.165) is 11.1 Å². The largest absolute Gasteiger partial charge is 0.374 e. The fraction of sp³-hybridized carbons (Fsp3) is 0.333. The van der Waals surface area contributed by atoms with Gasteiger partial charge in [-0.1, -0.05) is 72.8 Å². The molecule has 2 atom stereocenters. The van der Waals surface area contributed by atoms with E-state index in [2.05, 4.69) is 36.4 Å². The Morgan fingerprint density at radius 2 is 1.62 bits per heavy atom. The van der Waals surface area contributed by atoms with Crippen molar-refractivity contribution in [2.75, 3.05) is 6.61 Å². The summed E-state index contributed by atoms with van der Waals surface area (Å²) in [6.45, 7) is 4.96. The van der Waals surface area contributed by atoms with Crippen molar-refractivity contribution in [2.24, 2.45) is 0 Å². The molecule has 0 spiro atoms. The van der Waals surface area contributed by atoms with Crippen molar-refractivity contribution in [1.29, 1.82) is 0 Å². The fourth-order valence-electron chi connectivity index (χ4n) is 2.79. The van der Waals surface area contributed by atoms with Crippen LogP contribution in [0.2, 0.25) is 0 Å². The number of rotatable bonds is 6. The van der Waals surface area contributed by atoms with Crippen molar-refractivity contribution >= 4 is 6.08 Å². The Kier molecular flexibility index (Phi) is 5.46. The Morgan fingerprint density at radius 3 is 2.33 bits per heavy atom. The molecule has 0 saturated carbocycles. The van der Waals surface area contributed by atoms with Crippen molar-refractivity contribution in [1.82, 2.24) is 0 Å². The minimum Gasteiger partial charge on any atom is -0.374 e. The summed E-state index contributed by atoms with van der Waals surface area (Å²) >= 11 is 0. The number of ether oxygens (including phenoxy) is 3. The maximum atomic E-state index is 6.00. The van der Waals surface area contributed by atoms with Gasteiger partial charge in [-0.15, -0.1) is 0 Å². The van der Waals surface area contributed by atoms with E-state index in [4.69, 9.17) is 14.2 Å². The zero-order valence-electron chi connectivity index (χ0n) is 14.2. The quantitative estimate of drug-likeness (QED) is 0.786. The summed E-state index contributed by atoms with van der Waals surface area (Å²) in [6.07, 6.45) is 3.90. The molecule has 0 aromatic heterocycles. The molecule has 2 aromatic carbocycles.